The Labute approximate surface area is 213 Å². The van der Waals surface area contributed by atoms with Gasteiger partial charge in [0, 0.05) is 40.4 Å². The number of carbonyl (C=O) groups is 2. The number of rotatable bonds is 6. The molecular formula is C26H29N7O2S. The number of likely N-dealkylation sites (tertiary alicyclic amines) is 1. The molecule has 1 saturated carbocycles. The Bertz CT molecular complexity index is 1390. The van der Waals surface area contributed by atoms with Crippen LogP contribution in [0.4, 0.5) is 5.82 Å². The number of fused-ring (bicyclic) bond motifs is 1. The summed E-state index contributed by atoms with van der Waals surface area (Å²) in [5.41, 5.74) is 4.64. The van der Waals surface area contributed by atoms with Crippen molar-refractivity contribution in [1.29, 1.82) is 0 Å². The van der Waals surface area contributed by atoms with Crippen LogP contribution in [0, 0.1) is 0 Å². The van der Waals surface area contributed by atoms with Crippen molar-refractivity contribution in [2.45, 2.75) is 44.2 Å². The average Bonchev–Trinajstić information content (AvgIpc) is 3.24. The molecule has 3 aromatic rings. The molecule has 2 saturated heterocycles. The second kappa shape index (κ2) is 9.18. The molecule has 3 N–H and O–H groups in total. The SMILES string of the molecule is C=C1NC(=O)C/C1=C\c1cnn2c(NC3CC3)cc(-c3csc(C(=O)NC4CCN(C)CC4)c3)nc12. The van der Waals surface area contributed by atoms with Gasteiger partial charge in [0.15, 0.2) is 5.65 Å². The predicted molar refractivity (Wildman–Crippen MR) is 141 cm³/mol. The van der Waals surface area contributed by atoms with Crippen LogP contribution in [0.2, 0.25) is 0 Å². The Morgan fingerprint density at radius 3 is 2.75 bits per heavy atom. The lowest BCUT2D eigenvalue weighted by Crippen LogP contribution is -2.43. The first-order valence-electron chi connectivity index (χ1n) is 12.4. The lowest BCUT2D eigenvalue weighted by molar-refractivity contribution is -0.118. The monoisotopic (exact) mass is 503 g/mol. The number of amides is 2. The Morgan fingerprint density at radius 1 is 1.22 bits per heavy atom. The summed E-state index contributed by atoms with van der Waals surface area (Å²) >= 11 is 1.44. The van der Waals surface area contributed by atoms with Crippen LogP contribution >= 0.6 is 11.3 Å². The summed E-state index contributed by atoms with van der Waals surface area (Å²) in [6.07, 6.45) is 8.19. The maximum absolute atomic E-state index is 12.9. The van der Waals surface area contributed by atoms with Crippen LogP contribution in [-0.2, 0) is 4.79 Å². The molecule has 36 heavy (non-hydrogen) atoms. The third-order valence-electron chi connectivity index (χ3n) is 6.96. The van der Waals surface area contributed by atoms with E-state index in [4.69, 9.17) is 4.98 Å². The number of carbonyl (C=O) groups excluding carboxylic acids is 2. The van der Waals surface area contributed by atoms with Crippen LogP contribution in [-0.4, -0.2) is 63.5 Å². The summed E-state index contributed by atoms with van der Waals surface area (Å²) in [6.45, 7) is 5.95. The second-order valence-corrected chi connectivity index (χ2v) is 10.8. The van der Waals surface area contributed by atoms with Crippen LogP contribution in [0.15, 0.2) is 41.6 Å². The standard InChI is InChI=1S/C26H29N7O2S/c1-15-16(11-24(34)28-15)9-17-13-27-33-23(29-19-3-4-19)12-21(31-25(17)33)18-10-22(36-14-18)26(35)30-20-5-7-32(2)8-6-20/h9-10,12-14,19-20,29H,1,3-8,11H2,2H3,(H,28,34)(H,30,35)/b16-9+. The number of nitrogens with zero attached hydrogens (tertiary/aromatic N) is 4. The molecule has 0 radical (unpaired) electrons. The second-order valence-electron chi connectivity index (χ2n) is 9.90. The van der Waals surface area contributed by atoms with Crippen molar-refractivity contribution in [1.82, 2.24) is 30.1 Å². The minimum atomic E-state index is -0.0585. The van der Waals surface area contributed by atoms with Crippen LogP contribution in [0.3, 0.4) is 0 Å². The number of thiophene rings is 1. The van der Waals surface area contributed by atoms with Crippen LogP contribution < -0.4 is 16.0 Å². The summed E-state index contributed by atoms with van der Waals surface area (Å²) in [4.78, 5) is 32.6. The number of piperidine rings is 1. The molecule has 186 valence electrons. The van der Waals surface area contributed by atoms with E-state index in [1.165, 1.54) is 11.3 Å². The van der Waals surface area contributed by atoms with E-state index in [0.717, 1.165) is 67.0 Å². The van der Waals surface area contributed by atoms with Gasteiger partial charge in [-0.25, -0.2) is 4.98 Å². The van der Waals surface area contributed by atoms with E-state index < -0.39 is 0 Å². The zero-order valence-electron chi connectivity index (χ0n) is 20.2. The summed E-state index contributed by atoms with van der Waals surface area (Å²) in [5.74, 6) is 0.784. The van der Waals surface area contributed by atoms with Gasteiger partial charge >= 0.3 is 0 Å². The van der Waals surface area contributed by atoms with E-state index in [1.807, 2.05) is 23.6 Å². The quantitative estimate of drug-likeness (QED) is 0.477. The summed E-state index contributed by atoms with van der Waals surface area (Å²) in [6, 6.07) is 4.57. The zero-order chi connectivity index (χ0) is 24.8. The van der Waals surface area contributed by atoms with E-state index in [-0.39, 0.29) is 17.9 Å². The van der Waals surface area contributed by atoms with Crippen molar-refractivity contribution in [3.8, 4) is 11.3 Å². The molecule has 2 aliphatic heterocycles. The highest BCUT2D eigenvalue weighted by Crippen LogP contribution is 2.32. The molecule has 5 heterocycles. The van der Waals surface area contributed by atoms with Crippen LogP contribution in [0.25, 0.3) is 23.0 Å². The molecule has 0 bridgehead atoms. The fourth-order valence-corrected chi connectivity index (χ4v) is 5.47. The first kappa shape index (κ1) is 22.9. The molecule has 2 amide bonds. The zero-order valence-corrected chi connectivity index (χ0v) is 21.0. The molecule has 0 spiro atoms. The van der Waals surface area contributed by atoms with Gasteiger partial charge in [-0.05, 0) is 63.5 Å². The number of anilines is 1. The topological polar surface area (TPSA) is 104 Å². The average molecular weight is 504 g/mol. The number of hydrogen-bond acceptors (Lipinski definition) is 7. The normalized spacial score (nSPS) is 20.3. The van der Waals surface area contributed by atoms with Crippen molar-refractivity contribution in [3.63, 3.8) is 0 Å². The number of allylic oxidation sites excluding steroid dienone is 1. The number of hydrogen-bond donors (Lipinski definition) is 3. The predicted octanol–water partition coefficient (Wildman–Crippen LogP) is 3.27. The van der Waals surface area contributed by atoms with Crippen molar-refractivity contribution in [2.75, 3.05) is 25.5 Å². The Balaban J connectivity index is 1.31. The van der Waals surface area contributed by atoms with E-state index in [1.54, 1.807) is 10.7 Å². The smallest absolute Gasteiger partial charge is 0.261 e. The molecule has 0 aromatic carbocycles. The van der Waals surface area contributed by atoms with Gasteiger partial charge in [0.2, 0.25) is 5.91 Å². The Hall–Kier alpha value is -3.50. The highest BCUT2D eigenvalue weighted by Gasteiger charge is 2.25. The summed E-state index contributed by atoms with van der Waals surface area (Å²) in [5, 5.41) is 16.1. The molecule has 1 aliphatic carbocycles. The van der Waals surface area contributed by atoms with E-state index in [0.29, 0.717) is 28.7 Å². The van der Waals surface area contributed by atoms with Crippen molar-refractivity contribution < 1.29 is 9.59 Å². The maximum atomic E-state index is 12.9. The number of nitrogens with one attached hydrogen (secondary N) is 3. The fourth-order valence-electron chi connectivity index (χ4n) is 4.67. The van der Waals surface area contributed by atoms with Gasteiger partial charge in [0.25, 0.3) is 5.91 Å². The molecule has 0 unspecified atom stereocenters. The molecule has 9 nitrogen and oxygen atoms in total. The number of aromatic nitrogens is 3. The first-order chi connectivity index (χ1) is 17.4. The van der Waals surface area contributed by atoms with Crippen LogP contribution in [0.1, 0.15) is 47.3 Å². The van der Waals surface area contributed by atoms with Gasteiger partial charge in [-0.1, -0.05) is 6.58 Å². The van der Waals surface area contributed by atoms with Gasteiger partial charge in [-0.3, -0.25) is 9.59 Å². The van der Waals surface area contributed by atoms with Crippen molar-refractivity contribution in [3.05, 3.63) is 52.0 Å². The minimum absolute atomic E-state index is 0.0232. The molecule has 10 heteroatoms. The molecule has 0 atom stereocenters. The molecule has 3 aliphatic rings. The van der Waals surface area contributed by atoms with E-state index in [9.17, 15) is 9.59 Å². The van der Waals surface area contributed by atoms with Gasteiger partial charge in [0.1, 0.15) is 5.82 Å². The van der Waals surface area contributed by atoms with Crippen molar-refractivity contribution in [2.24, 2.45) is 0 Å². The molecule has 3 aromatic heterocycles. The minimum Gasteiger partial charge on any atom is -0.367 e. The highest BCUT2D eigenvalue weighted by atomic mass is 32.1. The third-order valence-corrected chi connectivity index (χ3v) is 7.89. The largest absolute Gasteiger partial charge is 0.367 e. The fraction of sp³-hybridized carbons (Fsp3) is 0.385. The Kier molecular flexibility index (Phi) is 5.85. The molecule has 3 fully saturated rings. The summed E-state index contributed by atoms with van der Waals surface area (Å²) in [7, 11) is 2.11. The van der Waals surface area contributed by atoms with E-state index >= 15 is 0 Å². The third kappa shape index (κ3) is 4.66. The summed E-state index contributed by atoms with van der Waals surface area (Å²) < 4.78 is 1.81. The van der Waals surface area contributed by atoms with Gasteiger partial charge in [-0.2, -0.15) is 9.61 Å². The highest BCUT2D eigenvalue weighted by molar-refractivity contribution is 7.12. The first-order valence-corrected chi connectivity index (χ1v) is 13.2. The van der Waals surface area contributed by atoms with Gasteiger partial charge < -0.3 is 20.9 Å². The Morgan fingerprint density at radius 2 is 2.03 bits per heavy atom. The van der Waals surface area contributed by atoms with Gasteiger partial charge in [-0.15, -0.1) is 11.3 Å². The van der Waals surface area contributed by atoms with Crippen molar-refractivity contribution >= 4 is 40.7 Å². The van der Waals surface area contributed by atoms with E-state index in [2.05, 4.69) is 39.6 Å². The molecular weight excluding hydrogens is 474 g/mol. The maximum Gasteiger partial charge on any atom is 0.261 e. The molecule has 6 rings (SSSR count). The van der Waals surface area contributed by atoms with Gasteiger partial charge in [0.05, 0.1) is 23.2 Å². The lowest BCUT2D eigenvalue weighted by atomic mass is 10.1. The lowest BCUT2D eigenvalue weighted by Gasteiger charge is -2.29. The van der Waals surface area contributed by atoms with Crippen LogP contribution in [0.5, 0.6) is 0 Å².